The van der Waals surface area contributed by atoms with Crippen molar-refractivity contribution < 1.29 is 9.13 Å². The fourth-order valence-electron chi connectivity index (χ4n) is 2.02. The smallest absolute Gasteiger partial charge is 0.222 e. The SMILES string of the molecule is CCCNCc1c(C)nn(C)c1Oc1ccc(F)cc1. The third-order valence-electron chi connectivity index (χ3n) is 3.05. The van der Waals surface area contributed by atoms with Gasteiger partial charge in [0.2, 0.25) is 5.88 Å². The van der Waals surface area contributed by atoms with E-state index in [2.05, 4.69) is 17.3 Å². The number of hydrogen-bond donors (Lipinski definition) is 1. The Bertz CT molecular complexity index is 563. The van der Waals surface area contributed by atoms with Gasteiger partial charge in [-0.05, 0) is 44.2 Å². The first kappa shape index (κ1) is 14.5. The van der Waals surface area contributed by atoms with Crippen LogP contribution in [0.1, 0.15) is 24.6 Å². The Labute approximate surface area is 118 Å². The molecule has 0 unspecified atom stereocenters. The first-order valence-electron chi connectivity index (χ1n) is 6.78. The Balaban J connectivity index is 2.19. The van der Waals surface area contributed by atoms with Crippen molar-refractivity contribution in [3.05, 3.63) is 41.3 Å². The third kappa shape index (κ3) is 3.36. The highest BCUT2D eigenvalue weighted by Crippen LogP contribution is 2.27. The molecule has 1 aromatic carbocycles. The molecule has 0 aliphatic heterocycles. The van der Waals surface area contributed by atoms with Crippen molar-refractivity contribution in [1.82, 2.24) is 15.1 Å². The third-order valence-corrected chi connectivity index (χ3v) is 3.05. The van der Waals surface area contributed by atoms with Gasteiger partial charge in [-0.25, -0.2) is 9.07 Å². The van der Waals surface area contributed by atoms with Crippen LogP contribution in [-0.4, -0.2) is 16.3 Å². The molecule has 0 saturated heterocycles. The summed E-state index contributed by atoms with van der Waals surface area (Å²) in [6.45, 7) is 5.74. The highest BCUT2D eigenvalue weighted by Gasteiger charge is 2.15. The number of rotatable bonds is 6. The second-order valence-electron chi connectivity index (χ2n) is 4.73. The molecule has 1 N–H and O–H groups in total. The predicted octanol–water partition coefficient (Wildman–Crippen LogP) is 3.16. The maximum atomic E-state index is 12.9. The first-order valence-corrected chi connectivity index (χ1v) is 6.78. The molecule has 0 amide bonds. The van der Waals surface area contributed by atoms with Crippen LogP contribution in [0.3, 0.4) is 0 Å². The van der Waals surface area contributed by atoms with Crippen molar-refractivity contribution >= 4 is 0 Å². The average molecular weight is 277 g/mol. The molecule has 0 aliphatic carbocycles. The van der Waals surface area contributed by atoms with Gasteiger partial charge in [0, 0.05) is 13.6 Å². The topological polar surface area (TPSA) is 39.1 Å². The molecule has 108 valence electrons. The lowest BCUT2D eigenvalue weighted by atomic mass is 10.2. The van der Waals surface area contributed by atoms with Crippen LogP contribution < -0.4 is 10.1 Å². The van der Waals surface area contributed by atoms with Gasteiger partial charge < -0.3 is 10.1 Å². The number of benzene rings is 1. The minimum atomic E-state index is -0.275. The molecule has 0 fully saturated rings. The number of nitrogens with one attached hydrogen (secondary N) is 1. The van der Waals surface area contributed by atoms with Gasteiger partial charge in [-0.1, -0.05) is 6.92 Å². The molecule has 4 nitrogen and oxygen atoms in total. The Kier molecular flexibility index (Phi) is 4.74. The van der Waals surface area contributed by atoms with Crippen molar-refractivity contribution in [3.8, 4) is 11.6 Å². The van der Waals surface area contributed by atoms with Crippen LogP contribution in [0, 0.1) is 12.7 Å². The van der Waals surface area contributed by atoms with E-state index in [1.165, 1.54) is 12.1 Å². The summed E-state index contributed by atoms with van der Waals surface area (Å²) in [7, 11) is 1.84. The van der Waals surface area contributed by atoms with Gasteiger partial charge in [0.05, 0.1) is 11.3 Å². The molecule has 1 aromatic heterocycles. The molecular weight excluding hydrogens is 257 g/mol. The second kappa shape index (κ2) is 6.52. The lowest BCUT2D eigenvalue weighted by Gasteiger charge is -2.09. The van der Waals surface area contributed by atoms with Crippen LogP contribution >= 0.6 is 0 Å². The minimum Gasteiger partial charge on any atom is -0.439 e. The van der Waals surface area contributed by atoms with Crippen molar-refractivity contribution in [2.45, 2.75) is 26.8 Å². The molecule has 1 heterocycles. The molecule has 2 aromatic rings. The van der Waals surface area contributed by atoms with E-state index in [0.717, 1.165) is 24.2 Å². The van der Waals surface area contributed by atoms with E-state index in [1.807, 2.05) is 14.0 Å². The zero-order chi connectivity index (χ0) is 14.5. The molecule has 0 aliphatic rings. The van der Waals surface area contributed by atoms with Crippen molar-refractivity contribution in [1.29, 1.82) is 0 Å². The number of hydrogen-bond acceptors (Lipinski definition) is 3. The Hall–Kier alpha value is -1.88. The fraction of sp³-hybridized carbons (Fsp3) is 0.400. The standard InChI is InChI=1S/C15H20FN3O/c1-4-9-17-10-14-11(2)18-19(3)15(14)20-13-7-5-12(16)6-8-13/h5-8,17H,4,9-10H2,1-3H3. The van der Waals surface area contributed by atoms with Crippen LogP contribution in [0.5, 0.6) is 11.6 Å². The van der Waals surface area contributed by atoms with Gasteiger partial charge in [-0.2, -0.15) is 5.10 Å². The van der Waals surface area contributed by atoms with Crippen molar-refractivity contribution in [2.75, 3.05) is 6.54 Å². The van der Waals surface area contributed by atoms with Crippen LogP contribution in [0.25, 0.3) is 0 Å². The Morgan fingerprint density at radius 3 is 2.65 bits per heavy atom. The fourth-order valence-corrected chi connectivity index (χ4v) is 2.02. The summed E-state index contributed by atoms with van der Waals surface area (Å²) < 4.78 is 20.5. The van der Waals surface area contributed by atoms with E-state index >= 15 is 0 Å². The summed E-state index contributed by atoms with van der Waals surface area (Å²) in [6, 6.07) is 5.99. The number of nitrogens with zero attached hydrogens (tertiary/aromatic N) is 2. The van der Waals surface area contributed by atoms with Gasteiger partial charge in [0.1, 0.15) is 11.6 Å². The van der Waals surface area contributed by atoms with Crippen molar-refractivity contribution in [3.63, 3.8) is 0 Å². The van der Waals surface area contributed by atoms with E-state index in [1.54, 1.807) is 16.8 Å². The van der Waals surface area contributed by atoms with E-state index in [0.29, 0.717) is 18.2 Å². The largest absolute Gasteiger partial charge is 0.439 e. The molecular formula is C15H20FN3O. The lowest BCUT2D eigenvalue weighted by Crippen LogP contribution is -2.14. The van der Waals surface area contributed by atoms with Crippen molar-refractivity contribution in [2.24, 2.45) is 7.05 Å². The van der Waals surface area contributed by atoms with Gasteiger partial charge in [0.15, 0.2) is 0 Å². The van der Waals surface area contributed by atoms with E-state index in [-0.39, 0.29) is 5.82 Å². The predicted molar refractivity (Wildman–Crippen MR) is 76.4 cm³/mol. The molecule has 0 radical (unpaired) electrons. The van der Waals surface area contributed by atoms with E-state index in [4.69, 9.17) is 4.74 Å². The summed E-state index contributed by atoms with van der Waals surface area (Å²) in [5.41, 5.74) is 1.97. The number of ether oxygens (including phenoxy) is 1. The number of aromatic nitrogens is 2. The molecule has 2 rings (SSSR count). The zero-order valence-corrected chi connectivity index (χ0v) is 12.1. The summed E-state index contributed by atoms with van der Waals surface area (Å²) in [6.07, 6.45) is 1.08. The van der Waals surface area contributed by atoms with Crippen LogP contribution in [0.4, 0.5) is 4.39 Å². The molecule has 5 heteroatoms. The summed E-state index contributed by atoms with van der Waals surface area (Å²) >= 11 is 0. The van der Waals surface area contributed by atoms with E-state index in [9.17, 15) is 4.39 Å². The minimum absolute atomic E-state index is 0.275. The second-order valence-corrected chi connectivity index (χ2v) is 4.73. The Morgan fingerprint density at radius 2 is 2.00 bits per heavy atom. The zero-order valence-electron chi connectivity index (χ0n) is 12.1. The van der Waals surface area contributed by atoms with Gasteiger partial charge >= 0.3 is 0 Å². The molecule has 0 saturated carbocycles. The Morgan fingerprint density at radius 1 is 1.30 bits per heavy atom. The monoisotopic (exact) mass is 277 g/mol. The lowest BCUT2D eigenvalue weighted by molar-refractivity contribution is 0.423. The number of halogens is 1. The average Bonchev–Trinajstić information content (AvgIpc) is 2.68. The van der Waals surface area contributed by atoms with E-state index < -0.39 is 0 Å². The quantitative estimate of drug-likeness (QED) is 0.824. The normalized spacial score (nSPS) is 10.8. The first-order chi connectivity index (χ1) is 9.61. The summed E-state index contributed by atoms with van der Waals surface area (Å²) in [4.78, 5) is 0. The van der Waals surface area contributed by atoms with Gasteiger partial charge in [0.25, 0.3) is 0 Å². The van der Waals surface area contributed by atoms with Crippen LogP contribution in [0.2, 0.25) is 0 Å². The van der Waals surface area contributed by atoms with Gasteiger partial charge in [-0.3, -0.25) is 0 Å². The molecule has 0 atom stereocenters. The molecule has 0 bridgehead atoms. The van der Waals surface area contributed by atoms with Gasteiger partial charge in [-0.15, -0.1) is 0 Å². The number of aryl methyl sites for hydroxylation is 2. The summed E-state index contributed by atoms with van der Waals surface area (Å²) in [5, 5.41) is 7.73. The molecule has 0 spiro atoms. The maximum absolute atomic E-state index is 12.9. The van der Waals surface area contributed by atoms with Crippen LogP contribution in [-0.2, 0) is 13.6 Å². The highest BCUT2D eigenvalue weighted by molar-refractivity contribution is 5.35. The molecule has 20 heavy (non-hydrogen) atoms. The maximum Gasteiger partial charge on any atom is 0.222 e. The van der Waals surface area contributed by atoms with Crippen LogP contribution in [0.15, 0.2) is 24.3 Å². The summed E-state index contributed by atoms with van der Waals surface area (Å²) in [5.74, 6) is 1.02. The highest BCUT2D eigenvalue weighted by atomic mass is 19.1.